The minimum atomic E-state index is -2.41. The highest BCUT2D eigenvalue weighted by Gasteiger charge is 2.08. The first kappa shape index (κ1) is 12.8. The Morgan fingerprint density at radius 3 is 2.75 bits per heavy atom. The van der Waals surface area contributed by atoms with E-state index in [1.165, 1.54) is 6.07 Å². The van der Waals surface area contributed by atoms with Crippen molar-refractivity contribution in [1.82, 2.24) is 0 Å². The second-order valence-electron chi connectivity index (χ2n) is 3.22. The molecular weight excluding hydrogens is 232 g/mol. The molecule has 88 valence electrons. The maximum Gasteiger partial charge on any atom is 0.339 e. The van der Waals surface area contributed by atoms with Crippen LogP contribution in [0.5, 0.6) is 0 Å². The minimum absolute atomic E-state index is 0.185. The van der Waals surface area contributed by atoms with Crippen LogP contribution in [-0.2, 0) is 22.4 Å². The van der Waals surface area contributed by atoms with Crippen LogP contribution in [0.2, 0.25) is 0 Å². The molecule has 0 amide bonds. The van der Waals surface area contributed by atoms with Crippen LogP contribution in [0.4, 0.5) is 0 Å². The Hall–Kier alpha value is -1.24. The number of carbonyl (C=O) groups excluding carboxylic acids is 1. The summed E-state index contributed by atoms with van der Waals surface area (Å²) < 4.78 is 24.9. The number of hydrogen-bond donors (Lipinski definition) is 1. The van der Waals surface area contributed by atoms with Crippen LogP contribution in [-0.4, -0.2) is 25.8 Å². The van der Waals surface area contributed by atoms with Gasteiger partial charge in [-0.25, -0.2) is 4.79 Å². The molecule has 0 heterocycles. The highest BCUT2D eigenvalue weighted by Crippen LogP contribution is 2.11. The summed E-state index contributed by atoms with van der Waals surface area (Å²) in [6.45, 7) is 1.58. The Bertz CT molecular complexity index is 416. The van der Waals surface area contributed by atoms with Gasteiger partial charge in [0.25, 0.3) is 0 Å². The number of carbonyl (C=O) groups is 1. The molecule has 5 nitrogen and oxygen atoms in total. The van der Waals surface area contributed by atoms with Crippen molar-refractivity contribution in [2.24, 2.45) is 0 Å². The maximum atomic E-state index is 11.4. The molecule has 6 heteroatoms. The fourth-order valence-electron chi connectivity index (χ4n) is 1.26. The van der Waals surface area contributed by atoms with Crippen molar-refractivity contribution in [1.29, 1.82) is 0 Å². The fraction of sp³-hybridized carbons (Fsp3) is 0.300. The van der Waals surface area contributed by atoms with Crippen molar-refractivity contribution in [3.8, 4) is 0 Å². The first-order chi connectivity index (χ1) is 7.52. The van der Waals surface area contributed by atoms with Gasteiger partial charge in [-0.1, -0.05) is 6.07 Å². The van der Waals surface area contributed by atoms with E-state index in [1.54, 1.807) is 19.1 Å². The monoisotopic (exact) mass is 243 g/mol. The van der Waals surface area contributed by atoms with Gasteiger partial charge in [-0.2, -0.15) is 0 Å². The molecule has 1 atom stereocenters. The zero-order valence-corrected chi connectivity index (χ0v) is 9.45. The summed E-state index contributed by atoms with van der Waals surface area (Å²) in [7, 11) is 0. The zero-order chi connectivity index (χ0) is 12.1. The lowest BCUT2D eigenvalue weighted by atomic mass is 10.1. The molecule has 0 aliphatic rings. The first-order valence-corrected chi connectivity index (χ1v) is 5.71. The second-order valence-corrected chi connectivity index (χ2v) is 4.06. The van der Waals surface area contributed by atoms with Crippen LogP contribution in [0.15, 0.2) is 18.2 Å². The van der Waals surface area contributed by atoms with Gasteiger partial charge in [0.1, 0.15) is 0 Å². The number of hydrogen-bond acceptors (Lipinski definition) is 5. The van der Waals surface area contributed by atoms with E-state index in [4.69, 9.17) is 5.11 Å². The molecule has 1 rings (SSSR count). The largest absolute Gasteiger partial charge is 0.770 e. The van der Waals surface area contributed by atoms with Gasteiger partial charge in [0.2, 0.25) is 0 Å². The topological polar surface area (TPSA) is 86.7 Å². The van der Waals surface area contributed by atoms with Crippen molar-refractivity contribution in [3.05, 3.63) is 34.9 Å². The Labute approximate surface area is 95.3 Å². The molecule has 1 aromatic carbocycles. The standard InChI is InChI=1S/C10H12O5S/c1-7-2-8(5-11)4-9(3-7)10(12)15-6-16(13)14/h2-4,11H,5-6H2,1H3,(H,13,14)/p-1. The average molecular weight is 243 g/mol. The third-order valence-electron chi connectivity index (χ3n) is 1.84. The number of ether oxygens (including phenoxy) is 1. The number of aryl methyl sites for hydroxylation is 1. The summed E-state index contributed by atoms with van der Waals surface area (Å²) in [5.41, 5.74) is 1.60. The first-order valence-electron chi connectivity index (χ1n) is 4.47. The summed E-state index contributed by atoms with van der Waals surface area (Å²) in [5, 5.41) is 8.94. The van der Waals surface area contributed by atoms with Crippen LogP contribution < -0.4 is 0 Å². The number of aliphatic hydroxyl groups excluding tert-OH is 1. The minimum Gasteiger partial charge on any atom is -0.770 e. The smallest absolute Gasteiger partial charge is 0.339 e. The summed E-state index contributed by atoms with van der Waals surface area (Å²) in [4.78, 5) is 11.4. The van der Waals surface area contributed by atoms with Crippen molar-refractivity contribution < 1.29 is 23.4 Å². The van der Waals surface area contributed by atoms with Crippen LogP contribution in [0, 0.1) is 6.92 Å². The average Bonchev–Trinajstić information content (AvgIpc) is 2.24. The van der Waals surface area contributed by atoms with Crippen LogP contribution in [0.3, 0.4) is 0 Å². The van der Waals surface area contributed by atoms with Gasteiger partial charge in [-0.3, -0.25) is 4.21 Å². The SMILES string of the molecule is Cc1cc(CO)cc(C(=O)OCS(=O)[O-])c1. The molecule has 0 bridgehead atoms. The van der Waals surface area contributed by atoms with Crippen molar-refractivity contribution in [2.75, 3.05) is 5.94 Å². The third kappa shape index (κ3) is 3.73. The van der Waals surface area contributed by atoms with E-state index in [-0.39, 0.29) is 12.2 Å². The Kier molecular flexibility index (Phi) is 4.60. The van der Waals surface area contributed by atoms with E-state index in [0.29, 0.717) is 5.56 Å². The molecule has 16 heavy (non-hydrogen) atoms. The van der Waals surface area contributed by atoms with Crippen LogP contribution in [0.25, 0.3) is 0 Å². The summed E-state index contributed by atoms with van der Waals surface area (Å²) in [6.07, 6.45) is 0. The molecular formula is C10H11O5S-. The highest BCUT2D eigenvalue weighted by atomic mass is 32.2. The fourth-order valence-corrected chi connectivity index (χ4v) is 1.46. The molecule has 1 aromatic rings. The number of benzene rings is 1. The molecule has 0 saturated carbocycles. The summed E-state index contributed by atoms with van der Waals surface area (Å²) >= 11 is -2.41. The summed E-state index contributed by atoms with van der Waals surface area (Å²) in [6, 6.07) is 4.75. The van der Waals surface area contributed by atoms with E-state index >= 15 is 0 Å². The Morgan fingerprint density at radius 1 is 1.50 bits per heavy atom. The van der Waals surface area contributed by atoms with E-state index in [2.05, 4.69) is 4.74 Å². The van der Waals surface area contributed by atoms with Gasteiger partial charge in [0.15, 0.2) is 5.94 Å². The van der Waals surface area contributed by atoms with E-state index in [0.717, 1.165) is 5.56 Å². The van der Waals surface area contributed by atoms with Gasteiger partial charge in [-0.05, 0) is 41.3 Å². The maximum absolute atomic E-state index is 11.4. The van der Waals surface area contributed by atoms with E-state index in [1.807, 2.05) is 0 Å². The predicted octanol–water partition coefficient (Wildman–Crippen LogP) is 0.481. The second kappa shape index (κ2) is 5.74. The molecule has 0 radical (unpaired) electrons. The van der Waals surface area contributed by atoms with E-state index < -0.39 is 23.0 Å². The lowest BCUT2D eigenvalue weighted by Gasteiger charge is -2.08. The Morgan fingerprint density at radius 2 is 2.19 bits per heavy atom. The number of aliphatic hydroxyl groups is 1. The zero-order valence-electron chi connectivity index (χ0n) is 8.63. The predicted molar refractivity (Wildman–Crippen MR) is 56.3 cm³/mol. The lowest BCUT2D eigenvalue weighted by molar-refractivity contribution is 0.0569. The van der Waals surface area contributed by atoms with Gasteiger partial charge >= 0.3 is 5.97 Å². The molecule has 0 saturated heterocycles. The summed E-state index contributed by atoms with van der Waals surface area (Å²) in [5.74, 6) is -1.39. The quantitative estimate of drug-likeness (QED) is 0.614. The Balaban J connectivity index is 2.82. The normalized spacial score (nSPS) is 12.2. The molecule has 0 spiro atoms. The molecule has 1 unspecified atom stereocenters. The highest BCUT2D eigenvalue weighted by molar-refractivity contribution is 7.78. The molecule has 0 aliphatic carbocycles. The van der Waals surface area contributed by atoms with Crippen molar-refractivity contribution in [3.63, 3.8) is 0 Å². The molecule has 0 aromatic heterocycles. The molecule has 0 aliphatic heterocycles. The van der Waals surface area contributed by atoms with Gasteiger partial charge in [-0.15, -0.1) is 0 Å². The van der Waals surface area contributed by atoms with Crippen LogP contribution in [0.1, 0.15) is 21.5 Å². The van der Waals surface area contributed by atoms with Crippen LogP contribution >= 0.6 is 0 Å². The van der Waals surface area contributed by atoms with Crippen molar-refractivity contribution in [2.45, 2.75) is 13.5 Å². The van der Waals surface area contributed by atoms with Gasteiger partial charge in [0, 0.05) is 0 Å². The lowest BCUT2D eigenvalue weighted by Crippen LogP contribution is -2.10. The van der Waals surface area contributed by atoms with Gasteiger partial charge in [0.05, 0.1) is 12.2 Å². The van der Waals surface area contributed by atoms with E-state index in [9.17, 15) is 13.6 Å². The molecule has 0 fully saturated rings. The van der Waals surface area contributed by atoms with Crippen molar-refractivity contribution >= 4 is 17.0 Å². The third-order valence-corrected chi connectivity index (χ3v) is 2.15. The number of esters is 1. The number of rotatable bonds is 4. The molecule has 1 N–H and O–H groups in total. The van der Waals surface area contributed by atoms with Gasteiger partial charge < -0.3 is 14.4 Å².